The van der Waals surface area contributed by atoms with Crippen LogP contribution in [0.4, 0.5) is 5.69 Å². The molecule has 0 radical (unpaired) electrons. The quantitative estimate of drug-likeness (QED) is 0.837. The average molecular weight is 292 g/mol. The Morgan fingerprint density at radius 2 is 1.81 bits per heavy atom. The number of nitrogens with one attached hydrogen (secondary N) is 1. The highest BCUT2D eigenvalue weighted by Crippen LogP contribution is 2.25. The van der Waals surface area contributed by atoms with Gasteiger partial charge in [0, 0.05) is 18.8 Å². The second-order valence-corrected chi connectivity index (χ2v) is 5.95. The standard InChI is InChI=1S/C16H24N2O3/c1-10-5-14(19)6-11(2)16(10)17-15(20)9-18-7-12(3)21-13(4)8-18/h5-6,12-13,19H,7-9H2,1-4H3,(H,17,20). The predicted octanol–water partition coefficient (Wildman–Crippen LogP) is 2.06. The number of aryl methyl sites for hydroxylation is 2. The molecule has 1 saturated heterocycles. The predicted molar refractivity (Wildman–Crippen MR) is 82.7 cm³/mol. The number of aromatic hydroxyl groups is 1. The molecule has 0 aromatic heterocycles. The van der Waals surface area contributed by atoms with Crippen molar-refractivity contribution >= 4 is 11.6 Å². The van der Waals surface area contributed by atoms with Gasteiger partial charge in [0.2, 0.25) is 5.91 Å². The van der Waals surface area contributed by atoms with Gasteiger partial charge in [-0.1, -0.05) is 0 Å². The highest BCUT2D eigenvalue weighted by atomic mass is 16.5. The van der Waals surface area contributed by atoms with Gasteiger partial charge in [-0.15, -0.1) is 0 Å². The Morgan fingerprint density at radius 3 is 2.33 bits per heavy atom. The van der Waals surface area contributed by atoms with Crippen molar-refractivity contribution < 1.29 is 14.6 Å². The topological polar surface area (TPSA) is 61.8 Å². The SMILES string of the molecule is Cc1cc(O)cc(C)c1NC(=O)CN1CC(C)OC(C)C1. The molecule has 21 heavy (non-hydrogen) atoms. The summed E-state index contributed by atoms with van der Waals surface area (Å²) in [6.45, 7) is 9.69. The summed E-state index contributed by atoms with van der Waals surface area (Å²) in [5.74, 6) is 0.187. The molecule has 1 fully saturated rings. The molecule has 5 nitrogen and oxygen atoms in total. The van der Waals surface area contributed by atoms with Gasteiger partial charge in [-0.2, -0.15) is 0 Å². The number of hydrogen-bond acceptors (Lipinski definition) is 4. The average Bonchev–Trinajstić information content (AvgIpc) is 2.32. The molecule has 1 aliphatic rings. The molecular formula is C16H24N2O3. The van der Waals surface area contributed by atoms with E-state index in [1.54, 1.807) is 12.1 Å². The van der Waals surface area contributed by atoms with Gasteiger partial charge in [-0.25, -0.2) is 0 Å². The Labute approximate surface area is 125 Å². The fourth-order valence-electron chi connectivity index (χ4n) is 2.93. The lowest BCUT2D eigenvalue weighted by Gasteiger charge is -2.34. The highest BCUT2D eigenvalue weighted by Gasteiger charge is 2.23. The largest absolute Gasteiger partial charge is 0.508 e. The van der Waals surface area contributed by atoms with E-state index >= 15 is 0 Å². The third-order valence-electron chi connectivity index (χ3n) is 3.64. The van der Waals surface area contributed by atoms with Gasteiger partial charge < -0.3 is 15.2 Å². The molecule has 1 heterocycles. The number of anilines is 1. The summed E-state index contributed by atoms with van der Waals surface area (Å²) in [7, 11) is 0. The van der Waals surface area contributed by atoms with Gasteiger partial charge in [-0.05, 0) is 51.0 Å². The zero-order valence-electron chi connectivity index (χ0n) is 13.1. The van der Waals surface area contributed by atoms with Crippen LogP contribution < -0.4 is 5.32 Å². The van der Waals surface area contributed by atoms with Crippen LogP contribution in [0.25, 0.3) is 0 Å². The van der Waals surface area contributed by atoms with Crippen LogP contribution in [0, 0.1) is 13.8 Å². The number of amides is 1. The van der Waals surface area contributed by atoms with Crippen molar-refractivity contribution in [2.45, 2.75) is 39.9 Å². The van der Waals surface area contributed by atoms with Crippen molar-refractivity contribution in [2.24, 2.45) is 0 Å². The highest BCUT2D eigenvalue weighted by molar-refractivity contribution is 5.93. The monoisotopic (exact) mass is 292 g/mol. The summed E-state index contributed by atoms with van der Waals surface area (Å²) in [6.07, 6.45) is 0.303. The van der Waals surface area contributed by atoms with E-state index in [2.05, 4.69) is 10.2 Å². The first-order valence-corrected chi connectivity index (χ1v) is 7.33. The maximum absolute atomic E-state index is 12.2. The number of hydrogen-bond donors (Lipinski definition) is 2. The van der Waals surface area contributed by atoms with E-state index in [1.165, 1.54) is 0 Å². The van der Waals surface area contributed by atoms with Crippen LogP contribution in [-0.4, -0.2) is 47.8 Å². The number of nitrogens with zero attached hydrogens (tertiary/aromatic N) is 1. The minimum Gasteiger partial charge on any atom is -0.508 e. The molecule has 1 amide bonds. The summed E-state index contributed by atoms with van der Waals surface area (Å²) < 4.78 is 5.67. The molecule has 2 unspecified atom stereocenters. The molecule has 2 atom stereocenters. The zero-order valence-corrected chi connectivity index (χ0v) is 13.1. The van der Waals surface area contributed by atoms with Gasteiger partial charge in [0.15, 0.2) is 0 Å². The van der Waals surface area contributed by atoms with E-state index < -0.39 is 0 Å². The lowest BCUT2D eigenvalue weighted by Crippen LogP contribution is -2.48. The summed E-state index contributed by atoms with van der Waals surface area (Å²) in [4.78, 5) is 14.3. The van der Waals surface area contributed by atoms with Crippen molar-refractivity contribution in [3.63, 3.8) is 0 Å². The Hall–Kier alpha value is -1.59. The molecule has 0 aliphatic carbocycles. The molecule has 2 N–H and O–H groups in total. The Morgan fingerprint density at radius 1 is 1.29 bits per heavy atom. The maximum Gasteiger partial charge on any atom is 0.238 e. The van der Waals surface area contributed by atoms with Gasteiger partial charge >= 0.3 is 0 Å². The van der Waals surface area contributed by atoms with Gasteiger partial charge in [0.25, 0.3) is 0 Å². The molecule has 1 aromatic carbocycles. The van der Waals surface area contributed by atoms with Crippen LogP contribution in [0.5, 0.6) is 5.75 Å². The summed E-state index contributed by atoms with van der Waals surface area (Å²) in [6, 6.07) is 3.31. The summed E-state index contributed by atoms with van der Waals surface area (Å²) in [5, 5.41) is 12.5. The number of phenolic OH excluding ortho intramolecular Hbond substituents is 1. The van der Waals surface area contributed by atoms with E-state index in [1.807, 2.05) is 27.7 Å². The Balaban J connectivity index is 1.99. The van der Waals surface area contributed by atoms with Crippen LogP contribution in [0.2, 0.25) is 0 Å². The van der Waals surface area contributed by atoms with Crippen molar-refractivity contribution in [1.29, 1.82) is 0 Å². The molecule has 5 heteroatoms. The lowest BCUT2D eigenvalue weighted by atomic mass is 10.1. The molecular weight excluding hydrogens is 268 g/mol. The number of benzene rings is 1. The number of carbonyl (C=O) groups excluding carboxylic acids is 1. The van der Waals surface area contributed by atoms with Crippen molar-refractivity contribution in [3.8, 4) is 5.75 Å². The summed E-state index contributed by atoms with van der Waals surface area (Å²) in [5.41, 5.74) is 2.52. The first kappa shape index (κ1) is 15.8. The Bertz CT molecular complexity index is 497. The van der Waals surface area contributed by atoms with Crippen LogP contribution in [0.1, 0.15) is 25.0 Å². The fourth-order valence-corrected chi connectivity index (χ4v) is 2.93. The molecule has 116 valence electrons. The number of morpholine rings is 1. The van der Waals surface area contributed by atoms with E-state index in [4.69, 9.17) is 4.74 Å². The first-order valence-electron chi connectivity index (χ1n) is 7.33. The van der Waals surface area contributed by atoms with Gasteiger partial charge in [0.05, 0.1) is 18.8 Å². The number of ether oxygens (including phenoxy) is 1. The minimum atomic E-state index is -0.0341. The van der Waals surface area contributed by atoms with Crippen LogP contribution in [-0.2, 0) is 9.53 Å². The molecule has 1 aliphatic heterocycles. The van der Waals surface area contributed by atoms with E-state index in [-0.39, 0.29) is 23.9 Å². The summed E-state index contributed by atoms with van der Waals surface area (Å²) >= 11 is 0. The van der Waals surface area contributed by atoms with Crippen molar-refractivity contribution in [3.05, 3.63) is 23.3 Å². The number of rotatable bonds is 3. The van der Waals surface area contributed by atoms with Gasteiger partial charge in [0.1, 0.15) is 5.75 Å². The molecule has 0 bridgehead atoms. The normalized spacial score (nSPS) is 23.0. The molecule has 2 rings (SSSR count). The van der Waals surface area contributed by atoms with E-state index in [0.717, 1.165) is 29.9 Å². The molecule has 1 aromatic rings. The van der Waals surface area contributed by atoms with E-state index in [0.29, 0.717) is 6.54 Å². The van der Waals surface area contributed by atoms with E-state index in [9.17, 15) is 9.90 Å². The second-order valence-electron chi connectivity index (χ2n) is 5.95. The molecule has 0 spiro atoms. The van der Waals surface area contributed by atoms with Crippen LogP contribution in [0.3, 0.4) is 0 Å². The number of carbonyl (C=O) groups is 1. The zero-order chi connectivity index (χ0) is 15.6. The maximum atomic E-state index is 12.2. The molecule has 0 saturated carbocycles. The third-order valence-corrected chi connectivity index (χ3v) is 3.64. The Kier molecular flexibility index (Phi) is 4.85. The first-order chi connectivity index (χ1) is 9.85. The fraction of sp³-hybridized carbons (Fsp3) is 0.562. The lowest BCUT2D eigenvalue weighted by molar-refractivity contribution is -0.121. The third kappa shape index (κ3) is 4.19. The van der Waals surface area contributed by atoms with Crippen LogP contribution >= 0.6 is 0 Å². The van der Waals surface area contributed by atoms with Crippen molar-refractivity contribution in [2.75, 3.05) is 25.0 Å². The minimum absolute atomic E-state index is 0.0341. The smallest absolute Gasteiger partial charge is 0.238 e. The number of phenols is 1. The van der Waals surface area contributed by atoms with Crippen molar-refractivity contribution in [1.82, 2.24) is 4.90 Å². The second kappa shape index (κ2) is 6.45. The van der Waals surface area contributed by atoms with Gasteiger partial charge in [-0.3, -0.25) is 9.69 Å². The van der Waals surface area contributed by atoms with Crippen LogP contribution in [0.15, 0.2) is 12.1 Å².